The number of para-hydroxylation sites is 1. The number of hydrogen-bond donors (Lipinski definition) is 1. The third kappa shape index (κ3) is 2.22. The molecule has 0 saturated carbocycles. The molecule has 0 unspecified atom stereocenters. The molecule has 1 aromatic rings. The molecule has 8 heavy (non-hydrogen) atoms. The van der Waals surface area contributed by atoms with Gasteiger partial charge in [-0.3, -0.25) is 0 Å². The number of benzene rings is 1. The first-order valence-corrected chi connectivity index (χ1v) is 2.20. The fourth-order valence-corrected chi connectivity index (χ4v) is 0.453. The van der Waals surface area contributed by atoms with Crippen LogP contribution in [0, 0.1) is 0 Å². The molecule has 2 heteroatoms. The van der Waals surface area contributed by atoms with Crippen molar-refractivity contribution in [3.8, 4) is 0 Å². The third-order valence-electron chi connectivity index (χ3n) is 0.800. The van der Waals surface area contributed by atoms with Crippen LogP contribution in [0.1, 0.15) is 0 Å². The molecule has 0 amide bonds. The van der Waals surface area contributed by atoms with Gasteiger partial charge in [-0.05, 0) is 12.1 Å². The average molecular weight is 215 g/mol. The van der Waals surface area contributed by atoms with Gasteiger partial charge in [-0.2, -0.15) is 0 Å². The molecule has 0 heterocycles. The second-order valence-electron chi connectivity index (χ2n) is 1.41. The Balaban J connectivity index is 0.000000490. The summed E-state index contributed by atoms with van der Waals surface area (Å²) in [6.07, 6.45) is 0. The van der Waals surface area contributed by atoms with Crippen molar-refractivity contribution >= 4 is 30.1 Å². The van der Waals surface area contributed by atoms with Gasteiger partial charge in [-0.25, -0.2) is 0 Å². The van der Waals surface area contributed by atoms with Gasteiger partial charge in [-0.1, -0.05) is 18.2 Å². The summed E-state index contributed by atoms with van der Waals surface area (Å²) < 4.78 is 0. The molecule has 0 aromatic heterocycles. The van der Waals surface area contributed by atoms with E-state index in [2.05, 4.69) is 0 Å². The van der Waals surface area contributed by atoms with Crippen LogP contribution in [0.25, 0.3) is 0 Å². The molecule has 0 aliphatic carbocycles. The Labute approximate surface area is 66.3 Å². The molecule has 0 aliphatic rings. The molecule has 0 spiro atoms. The van der Waals surface area contributed by atoms with Crippen LogP contribution in [0.4, 0.5) is 5.69 Å². The summed E-state index contributed by atoms with van der Waals surface area (Å²) in [5.41, 5.74) is 6.18. The zero-order chi connectivity index (χ0) is 5.11. The van der Waals surface area contributed by atoms with Gasteiger partial charge in [-0.15, -0.1) is 0 Å². The standard InChI is InChI=1S/C6H7N.Sb/c7-6-4-2-1-3-5-6;/h1-5H,7H2;. The van der Waals surface area contributed by atoms with Crippen molar-refractivity contribution in [1.82, 2.24) is 0 Å². The predicted octanol–water partition coefficient (Wildman–Crippen LogP) is 0.888. The van der Waals surface area contributed by atoms with Gasteiger partial charge in [0.15, 0.2) is 0 Å². The number of nitrogens with two attached hydrogens (primary N) is 1. The summed E-state index contributed by atoms with van der Waals surface area (Å²) in [5, 5.41) is 0. The predicted molar refractivity (Wildman–Crippen MR) is 36.6 cm³/mol. The average Bonchev–Trinajstić information content (AvgIpc) is 1.69. The first kappa shape index (κ1) is 7.84. The van der Waals surface area contributed by atoms with Crippen LogP contribution in [0.5, 0.6) is 0 Å². The fraction of sp³-hybridized carbons (Fsp3) is 0. The van der Waals surface area contributed by atoms with E-state index in [0.717, 1.165) is 5.69 Å². The first-order valence-electron chi connectivity index (χ1n) is 2.20. The molecule has 0 aliphatic heterocycles. The van der Waals surface area contributed by atoms with Crippen molar-refractivity contribution in [1.29, 1.82) is 0 Å². The van der Waals surface area contributed by atoms with Crippen LogP contribution in [-0.4, -0.2) is 24.4 Å². The van der Waals surface area contributed by atoms with E-state index in [1.165, 1.54) is 0 Å². The Bertz CT molecular complexity index is 138. The second kappa shape index (κ2) is 3.79. The Hall–Kier alpha value is -0.162. The van der Waals surface area contributed by atoms with E-state index in [-0.39, 0.29) is 24.4 Å². The van der Waals surface area contributed by atoms with Crippen molar-refractivity contribution in [2.24, 2.45) is 0 Å². The van der Waals surface area contributed by atoms with Gasteiger partial charge in [0.1, 0.15) is 0 Å². The second-order valence-corrected chi connectivity index (χ2v) is 1.41. The van der Waals surface area contributed by atoms with Crippen molar-refractivity contribution in [2.75, 3.05) is 5.73 Å². The van der Waals surface area contributed by atoms with Gasteiger partial charge in [0, 0.05) is 30.1 Å². The van der Waals surface area contributed by atoms with Crippen molar-refractivity contribution in [3.63, 3.8) is 0 Å². The number of nitrogen functional groups attached to an aromatic ring is 1. The minimum Gasteiger partial charge on any atom is -0.399 e. The minimum atomic E-state index is 0. The van der Waals surface area contributed by atoms with Gasteiger partial charge in [0.2, 0.25) is 0 Å². The Kier molecular flexibility index (Phi) is 3.72. The molecule has 2 N–H and O–H groups in total. The van der Waals surface area contributed by atoms with E-state index in [1.54, 1.807) is 0 Å². The largest absolute Gasteiger partial charge is 0.399 e. The molecule has 1 aromatic carbocycles. The van der Waals surface area contributed by atoms with Crippen LogP contribution in [0.2, 0.25) is 0 Å². The Morgan fingerprint density at radius 3 is 1.75 bits per heavy atom. The SMILES string of the molecule is Nc1ccccc1.[Sb]. The molecule has 0 saturated heterocycles. The summed E-state index contributed by atoms with van der Waals surface area (Å²) in [6.45, 7) is 0. The minimum absolute atomic E-state index is 0. The molecule has 1 nitrogen and oxygen atoms in total. The van der Waals surface area contributed by atoms with E-state index in [4.69, 9.17) is 5.73 Å². The van der Waals surface area contributed by atoms with Gasteiger partial charge in [0.05, 0.1) is 0 Å². The Morgan fingerprint density at radius 1 is 1.00 bits per heavy atom. The maximum atomic E-state index is 5.36. The third-order valence-corrected chi connectivity index (χ3v) is 0.800. The molecule has 1 rings (SSSR count). The van der Waals surface area contributed by atoms with Gasteiger partial charge in [0.25, 0.3) is 0 Å². The number of rotatable bonds is 0. The van der Waals surface area contributed by atoms with E-state index in [0.29, 0.717) is 0 Å². The Morgan fingerprint density at radius 2 is 1.50 bits per heavy atom. The molecule has 41 valence electrons. The maximum Gasteiger partial charge on any atom is 0.0313 e. The number of hydrogen-bond acceptors (Lipinski definition) is 1. The molecular formula is C6H7NSb. The fourth-order valence-electron chi connectivity index (χ4n) is 0.453. The first-order chi connectivity index (χ1) is 3.39. The summed E-state index contributed by atoms with van der Waals surface area (Å²) in [7, 11) is 0. The quantitative estimate of drug-likeness (QED) is 0.504. The summed E-state index contributed by atoms with van der Waals surface area (Å²) >= 11 is 0. The zero-order valence-corrected chi connectivity index (χ0v) is 6.96. The van der Waals surface area contributed by atoms with E-state index >= 15 is 0 Å². The monoisotopic (exact) mass is 214 g/mol. The summed E-state index contributed by atoms with van der Waals surface area (Å²) in [5.74, 6) is 0. The van der Waals surface area contributed by atoms with Crippen LogP contribution in [-0.2, 0) is 0 Å². The topological polar surface area (TPSA) is 26.0 Å². The van der Waals surface area contributed by atoms with Gasteiger partial charge >= 0.3 is 0 Å². The van der Waals surface area contributed by atoms with Crippen LogP contribution in [0.3, 0.4) is 0 Å². The van der Waals surface area contributed by atoms with Crippen molar-refractivity contribution < 1.29 is 0 Å². The van der Waals surface area contributed by atoms with E-state index < -0.39 is 0 Å². The van der Waals surface area contributed by atoms with Crippen LogP contribution < -0.4 is 5.73 Å². The van der Waals surface area contributed by atoms with E-state index in [1.807, 2.05) is 30.3 Å². The maximum absolute atomic E-state index is 5.36. The molecular weight excluding hydrogens is 208 g/mol. The zero-order valence-electron chi connectivity index (χ0n) is 4.41. The molecule has 0 fully saturated rings. The smallest absolute Gasteiger partial charge is 0.0313 e. The normalized spacial score (nSPS) is 7.50. The molecule has 0 atom stereocenters. The van der Waals surface area contributed by atoms with Gasteiger partial charge < -0.3 is 5.73 Å². The molecule has 0 bridgehead atoms. The number of anilines is 1. The van der Waals surface area contributed by atoms with Crippen molar-refractivity contribution in [2.45, 2.75) is 0 Å². The summed E-state index contributed by atoms with van der Waals surface area (Å²) in [6, 6.07) is 9.49. The van der Waals surface area contributed by atoms with Crippen LogP contribution in [0.15, 0.2) is 30.3 Å². The summed E-state index contributed by atoms with van der Waals surface area (Å²) in [4.78, 5) is 0. The molecule has 3 radical (unpaired) electrons. The van der Waals surface area contributed by atoms with Crippen LogP contribution >= 0.6 is 0 Å². The van der Waals surface area contributed by atoms with Crippen molar-refractivity contribution in [3.05, 3.63) is 30.3 Å². The van der Waals surface area contributed by atoms with E-state index in [9.17, 15) is 0 Å².